The van der Waals surface area contributed by atoms with Crippen molar-refractivity contribution in [3.05, 3.63) is 39.2 Å². The van der Waals surface area contributed by atoms with E-state index in [2.05, 4.69) is 30.2 Å². The third kappa shape index (κ3) is 2.71. The molecule has 0 atom stereocenters. The molecule has 0 spiro atoms. The Morgan fingerprint density at radius 2 is 2.12 bits per heavy atom. The topological polar surface area (TPSA) is 38.1 Å². The highest BCUT2D eigenvalue weighted by atomic mass is 32.1. The van der Waals surface area contributed by atoms with Crippen molar-refractivity contribution in [3.8, 4) is 0 Å². The molecule has 0 saturated heterocycles. The van der Waals surface area contributed by atoms with Gasteiger partial charge in [0.2, 0.25) is 5.89 Å². The Balaban J connectivity index is 1.86. The maximum atomic E-state index is 5.39. The van der Waals surface area contributed by atoms with E-state index in [1.54, 1.807) is 6.20 Å². The molecule has 0 bridgehead atoms. The lowest BCUT2D eigenvalue weighted by Crippen LogP contribution is -2.12. The van der Waals surface area contributed by atoms with Gasteiger partial charge in [0.25, 0.3) is 0 Å². The summed E-state index contributed by atoms with van der Waals surface area (Å²) in [5.74, 6) is 1.61. The molecule has 2 aromatic heterocycles. The summed E-state index contributed by atoms with van der Waals surface area (Å²) in [6, 6.07) is 2.23. The monoisotopic (exact) mass is 236 g/mol. The Morgan fingerprint density at radius 1 is 1.31 bits per heavy atom. The van der Waals surface area contributed by atoms with Crippen molar-refractivity contribution in [3.63, 3.8) is 0 Å². The molecule has 0 aliphatic rings. The quantitative estimate of drug-likeness (QED) is 0.887. The lowest BCUT2D eigenvalue weighted by atomic mass is 10.2. The van der Waals surface area contributed by atoms with Gasteiger partial charge in [0.15, 0.2) is 0 Å². The van der Waals surface area contributed by atoms with Gasteiger partial charge in [-0.3, -0.25) is 0 Å². The zero-order valence-electron chi connectivity index (χ0n) is 9.83. The Bertz CT molecular complexity index is 473. The number of oxazole rings is 1. The summed E-state index contributed by atoms with van der Waals surface area (Å²) in [4.78, 5) is 6.89. The number of nitrogens with zero attached hydrogens (tertiary/aromatic N) is 1. The summed E-state index contributed by atoms with van der Waals surface area (Å²) in [6.07, 6.45) is 1.75. The molecular formula is C12H16N2OS. The van der Waals surface area contributed by atoms with Crippen molar-refractivity contribution < 1.29 is 4.42 Å². The van der Waals surface area contributed by atoms with Crippen LogP contribution >= 0.6 is 11.3 Å². The van der Waals surface area contributed by atoms with E-state index in [0.29, 0.717) is 6.54 Å². The third-order valence-electron chi connectivity index (χ3n) is 2.40. The van der Waals surface area contributed by atoms with Crippen LogP contribution in [0.4, 0.5) is 0 Å². The Hall–Kier alpha value is -1.13. The van der Waals surface area contributed by atoms with Gasteiger partial charge in [-0.1, -0.05) is 0 Å². The van der Waals surface area contributed by atoms with Gasteiger partial charge >= 0.3 is 0 Å². The Morgan fingerprint density at radius 3 is 2.69 bits per heavy atom. The van der Waals surface area contributed by atoms with Crippen LogP contribution in [-0.4, -0.2) is 4.98 Å². The van der Waals surface area contributed by atoms with E-state index >= 15 is 0 Å². The van der Waals surface area contributed by atoms with Crippen molar-refractivity contribution in [1.29, 1.82) is 0 Å². The fourth-order valence-electron chi connectivity index (χ4n) is 1.65. The summed E-state index contributed by atoms with van der Waals surface area (Å²) in [5.41, 5.74) is 1.37. The average Bonchev–Trinajstić information content (AvgIpc) is 2.74. The lowest BCUT2D eigenvalue weighted by Gasteiger charge is -2.01. The molecule has 2 aromatic rings. The van der Waals surface area contributed by atoms with E-state index in [-0.39, 0.29) is 0 Å². The third-order valence-corrected chi connectivity index (χ3v) is 3.41. The van der Waals surface area contributed by atoms with Crippen molar-refractivity contribution in [2.24, 2.45) is 0 Å². The van der Waals surface area contributed by atoms with Crippen LogP contribution in [-0.2, 0) is 13.1 Å². The molecule has 0 aliphatic carbocycles. The molecule has 2 heterocycles. The summed E-state index contributed by atoms with van der Waals surface area (Å²) >= 11 is 1.84. The fourth-order valence-corrected chi connectivity index (χ4v) is 2.59. The maximum Gasteiger partial charge on any atom is 0.208 e. The zero-order chi connectivity index (χ0) is 11.5. The highest BCUT2D eigenvalue weighted by molar-refractivity contribution is 7.12. The van der Waals surface area contributed by atoms with Gasteiger partial charge < -0.3 is 9.73 Å². The number of nitrogens with one attached hydrogen (secondary N) is 1. The first kappa shape index (κ1) is 11.4. The number of rotatable bonds is 4. The van der Waals surface area contributed by atoms with Crippen LogP contribution in [0.15, 0.2) is 16.7 Å². The molecule has 1 N–H and O–H groups in total. The molecule has 0 fully saturated rings. The molecule has 0 saturated carbocycles. The van der Waals surface area contributed by atoms with Gasteiger partial charge in [0, 0.05) is 16.3 Å². The molecule has 0 aliphatic heterocycles. The minimum Gasteiger partial charge on any atom is -0.445 e. The predicted molar refractivity (Wildman–Crippen MR) is 65.6 cm³/mol. The second-order valence-corrected chi connectivity index (χ2v) is 5.37. The SMILES string of the molecule is Cc1cnc(CNCc2cc(C)sc2C)o1. The second kappa shape index (κ2) is 4.80. The van der Waals surface area contributed by atoms with Crippen LogP contribution in [0.25, 0.3) is 0 Å². The molecule has 0 radical (unpaired) electrons. The minimum atomic E-state index is 0.683. The summed E-state index contributed by atoms with van der Waals surface area (Å²) in [6.45, 7) is 7.76. The van der Waals surface area contributed by atoms with Gasteiger partial charge in [0.1, 0.15) is 5.76 Å². The number of aromatic nitrogens is 1. The normalized spacial score (nSPS) is 10.9. The second-order valence-electron chi connectivity index (χ2n) is 3.91. The first-order chi connectivity index (χ1) is 7.65. The zero-order valence-corrected chi connectivity index (χ0v) is 10.6. The molecule has 0 unspecified atom stereocenters. The van der Waals surface area contributed by atoms with Crippen LogP contribution in [0.3, 0.4) is 0 Å². The highest BCUT2D eigenvalue weighted by Gasteiger charge is 2.03. The van der Waals surface area contributed by atoms with Crippen molar-refractivity contribution in [2.75, 3.05) is 0 Å². The highest BCUT2D eigenvalue weighted by Crippen LogP contribution is 2.20. The van der Waals surface area contributed by atoms with Crippen LogP contribution < -0.4 is 5.32 Å². The largest absolute Gasteiger partial charge is 0.445 e. The predicted octanol–water partition coefficient (Wildman–Crippen LogP) is 2.95. The van der Waals surface area contributed by atoms with Crippen LogP contribution in [0, 0.1) is 20.8 Å². The molecular weight excluding hydrogens is 220 g/mol. The van der Waals surface area contributed by atoms with E-state index in [0.717, 1.165) is 18.2 Å². The molecule has 4 heteroatoms. The fraction of sp³-hybridized carbons (Fsp3) is 0.417. The van der Waals surface area contributed by atoms with Crippen LogP contribution in [0.2, 0.25) is 0 Å². The van der Waals surface area contributed by atoms with Gasteiger partial charge in [0.05, 0.1) is 12.7 Å². The van der Waals surface area contributed by atoms with E-state index in [4.69, 9.17) is 4.42 Å². The smallest absolute Gasteiger partial charge is 0.208 e. The number of hydrogen-bond donors (Lipinski definition) is 1. The molecule has 0 amide bonds. The van der Waals surface area contributed by atoms with Crippen LogP contribution in [0.5, 0.6) is 0 Å². The van der Waals surface area contributed by atoms with Crippen molar-refractivity contribution >= 4 is 11.3 Å². The summed E-state index contributed by atoms with van der Waals surface area (Å²) < 4.78 is 5.39. The number of thiophene rings is 1. The van der Waals surface area contributed by atoms with Gasteiger partial charge in [-0.2, -0.15) is 0 Å². The summed E-state index contributed by atoms with van der Waals surface area (Å²) in [5, 5.41) is 3.34. The number of aryl methyl sites for hydroxylation is 3. The molecule has 2 rings (SSSR count). The van der Waals surface area contributed by atoms with E-state index < -0.39 is 0 Å². The summed E-state index contributed by atoms with van der Waals surface area (Å²) in [7, 11) is 0. The van der Waals surface area contributed by atoms with Crippen molar-refractivity contribution in [2.45, 2.75) is 33.9 Å². The molecule has 3 nitrogen and oxygen atoms in total. The number of hydrogen-bond acceptors (Lipinski definition) is 4. The standard InChI is InChI=1S/C12H16N2OS/c1-8-5-14-12(15-8)7-13-6-11-4-9(2)16-10(11)3/h4-5,13H,6-7H2,1-3H3. The maximum absolute atomic E-state index is 5.39. The first-order valence-corrected chi connectivity index (χ1v) is 6.15. The van der Waals surface area contributed by atoms with E-state index in [1.807, 2.05) is 18.3 Å². The van der Waals surface area contributed by atoms with Crippen molar-refractivity contribution in [1.82, 2.24) is 10.3 Å². The molecule has 0 aromatic carbocycles. The molecule has 86 valence electrons. The van der Waals surface area contributed by atoms with Gasteiger partial charge in [-0.05, 0) is 32.4 Å². The van der Waals surface area contributed by atoms with E-state index in [9.17, 15) is 0 Å². The lowest BCUT2D eigenvalue weighted by molar-refractivity contribution is 0.449. The Labute approximate surface area is 99.5 Å². The Kier molecular flexibility index (Phi) is 3.41. The van der Waals surface area contributed by atoms with Gasteiger partial charge in [-0.15, -0.1) is 11.3 Å². The van der Waals surface area contributed by atoms with E-state index in [1.165, 1.54) is 15.3 Å². The first-order valence-electron chi connectivity index (χ1n) is 5.33. The van der Waals surface area contributed by atoms with Gasteiger partial charge in [-0.25, -0.2) is 4.98 Å². The van der Waals surface area contributed by atoms with Crippen LogP contribution in [0.1, 0.15) is 27.0 Å². The minimum absolute atomic E-state index is 0.683. The average molecular weight is 236 g/mol. The molecule has 16 heavy (non-hydrogen) atoms.